The molecule has 0 aliphatic rings. The average Bonchev–Trinajstić information content (AvgIpc) is 2.26. The first-order valence-corrected chi connectivity index (χ1v) is 5.40. The summed E-state index contributed by atoms with van der Waals surface area (Å²) in [7, 11) is 1.52. The summed E-state index contributed by atoms with van der Waals surface area (Å²) in [5.74, 6) is -0.304. The topological polar surface area (TPSA) is 35.5 Å². The third kappa shape index (κ3) is 4.03. The van der Waals surface area contributed by atoms with Gasteiger partial charge in [-0.2, -0.15) is 0 Å². The molecule has 1 unspecified atom stereocenters. The van der Waals surface area contributed by atoms with Crippen molar-refractivity contribution in [2.75, 3.05) is 7.11 Å². The Hall–Kier alpha value is -1.35. The summed E-state index contributed by atoms with van der Waals surface area (Å²) in [4.78, 5) is 11.6. The van der Waals surface area contributed by atoms with E-state index in [0.717, 1.165) is 5.56 Å². The maximum absolute atomic E-state index is 11.6. The standard InChI is InChI=1S/C13H18O3/c1-10(2)16-13(14)12(15-3)9-11-7-5-4-6-8-11/h4-8,10,12H,9H2,1-3H3. The number of carbonyl (C=O) groups is 1. The summed E-state index contributed by atoms with van der Waals surface area (Å²) in [6.45, 7) is 3.65. The Kier molecular flexibility index (Phi) is 4.99. The minimum atomic E-state index is -0.523. The average molecular weight is 222 g/mol. The zero-order valence-corrected chi connectivity index (χ0v) is 9.97. The van der Waals surface area contributed by atoms with Crippen molar-refractivity contribution in [2.24, 2.45) is 0 Å². The first-order chi connectivity index (χ1) is 7.63. The van der Waals surface area contributed by atoms with Crippen molar-refractivity contribution in [3.05, 3.63) is 35.9 Å². The number of benzene rings is 1. The molecule has 0 heterocycles. The molecular weight excluding hydrogens is 204 g/mol. The molecule has 0 saturated carbocycles. The summed E-state index contributed by atoms with van der Waals surface area (Å²) in [5.41, 5.74) is 1.06. The molecule has 1 aromatic carbocycles. The molecule has 1 rings (SSSR count). The van der Waals surface area contributed by atoms with E-state index in [1.165, 1.54) is 7.11 Å². The van der Waals surface area contributed by atoms with Crippen LogP contribution in [0.2, 0.25) is 0 Å². The van der Waals surface area contributed by atoms with Crippen LogP contribution in [0.25, 0.3) is 0 Å². The zero-order chi connectivity index (χ0) is 12.0. The van der Waals surface area contributed by atoms with Crippen LogP contribution in [0.3, 0.4) is 0 Å². The van der Waals surface area contributed by atoms with Gasteiger partial charge in [0.25, 0.3) is 0 Å². The summed E-state index contributed by atoms with van der Waals surface area (Å²) in [6, 6.07) is 9.76. The first-order valence-electron chi connectivity index (χ1n) is 5.40. The Morgan fingerprint density at radius 2 is 1.88 bits per heavy atom. The molecule has 88 valence electrons. The number of methoxy groups -OCH3 is 1. The fourth-order valence-electron chi connectivity index (χ4n) is 1.40. The van der Waals surface area contributed by atoms with Crippen molar-refractivity contribution >= 4 is 5.97 Å². The molecule has 0 spiro atoms. The van der Waals surface area contributed by atoms with Crippen molar-refractivity contribution in [3.8, 4) is 0 Å². The number of hydrogen-bond donors (Lipinski definition) is 0. The molecular formula is C13H18O3. The molecule has 0 bridgehead atoms. The maximum Gasteiger partial charge on any atom is 0.335 e. The predicted molar refractivity (Wildman–Crippen MR) is 62.2 cm³/mol. The lowest BCUT2D eigenvalue weighted by Crippen LogP contribution is -2.29. The lowest BCUT2D eigenvalue weighted by atomic mass is 10.1. The van der Waals surface area contributed by atoms with Gasteiger partial charge in [-0.3, -0.25) is 0 Å². The molecule has 0 saturated heterocycles. The highest BCUT2D eigenvalue weighted by Crippen LogP contribution is 2.07. The Labute approximate surface area is 96.4 Å². The Bertz CT molecular complexity index is 319. The van der Waals surface area contributed by atoms with E-state index in [-0.39, 0.29) is 12.1 Å². The van der Waals surface area contributed by atoms with E-state index in [1.54, 1.807) is 0 Å². The van der Waals surface area contributed by atoms with E-state index in [9.17, 15) is 4.79 Å². The Morgan fingerprint density at radius 3 is 2.38 bits per heavy atom. The SMILES string of the molecule is COC(Cc1ccccc1)C(=O)OC(C)C. The molecule has 0 fully saturated rings. The summed E-state index contributed by atoms with van der Waals surface area (Å²) in [6.07, 6.45) is -0.0891. The molecule has 3 heteroatoms. The van der Waals surface area contributed by atoms with Gasteiger partial charge in [-0.15, -0.1) is 0 Å². The van der Waals surface area contributed by atoms with Crippen molar-refractivity contribution in [3.63, 3.8) is 0 Å². The van der Waals surface area contributed by atoms with Gasteiger partial charge >= 0.3 is 5.97 Å². The van der Waals surface area contributed by atoms with Crippen LogP contribution in [0.5, 0.6) is 0 Å². The van der Waals surface area contributed by atoms with Gasteiger partial charge in [-0.05, 0) is 19.4 Å². The molecule has 0 aromatic heterocycles. The van der Waals surface area contributed by atoms with Crippen LogP contribution in [-0.2, 0) is 20.7 Å². The number of esters is 1. The van der Waals surface area contributed by atoms with E-state index in [0.29, 0.717) is 6.42 Å². The summed E-state index contributed by atoms with van der Waals surface area (Å²) >= 11 is 0. The molecule has 0 N–H and O–H groups in total. The van der Waals surface area contributed by atoms with Gasteiger partial charge in [0.05, 0.1) is 6.10 Å². The van der Waals surface area contributed by atoms with Gasteiger partial charge in [0.15, 0.2) is 6.10 Å². The molecule has 1 aromatic rings. The fourth-order valence-corrected chi connectivity index (χ4v) is 1.40. The van der Waals surface area contributed by atoms with Gasteiger partial charge in [-0.25, -0.2) is 4.79 Å². The second kappa shape index (κ2) is 6.28. The maximum atomic E-state index is 11.6. The first kappa shape index (κ1) is 12.7. The van der Waals surface area contributed by atoms with E-state index >= 15 is 0 Å². The van der Waals surface area contributed by atoms with Crippen molar-refractivity contribution in [2.45, 2.75) is 32.5 Å². The molecule has 0 aliphatic heterocycles. The van der Waals surface area contributed by atoms with Crippen LogP contribution in [0.4, 0.5) is 0 Å². The smallest absolute Gasteiger partial charge is 0.335 e. The monoisotopic (exact) mass is 222 g/mol. The Morgan fingerprint density at radius 1 is 1.25 bits per heavy atom. The number of carbonyl (C=O) groups excluding carboxylic acids is 1. The summed E-state index contributed by atoms with van der Waals surface area (Å²) in [5, 5.41) is 0. The molecule has 1 atom stereocenters. The molecule has 0 amide bonds. The number of hydrogen-bond acceptors (Lipinski definition) is 3. The third-order valence-corrected chi connectivity index (χ3v) is 2.16. The quantitative estimate of drug-likeness (QED) is 0.716. The van der Waals surface area contributed by atoms with E-state index < -0.39 is 6.10 Å². The lowest BCUT2D eigenvalue weighted by Gasteiger charge is -2.16. The van der Waals surface area contributed by atoms with Gasteiger partial charge in [-0.1, -0.05) is 30.3 Å². The second-order valence-electron chi connectivity index (χ2n) is 3.90. The van der Waals surface area contributed by atoms with Gasteiger partial charge in [0.2, 0.25) is 0 Å². The minimum absolute atomic E-state index is 0.110. The Balaban J connectivity index is 2.58. The molecule has 0 radical (unpaired) electrons. The summed E-state index contributed by atoms with van der Waals surface area (Å²) < 4.78 is 10.3. The normalized spacial score (nSPS) is 12.5. The van der Waals surface area contributed by atoms with Crippen molar-refractivity contribution < 1.29 is 14.3 Å². The predicted octanol–water partition coefficient (Wildman–Crippen LogP) is 2.20. The van der Waals surface area contributed by atoms with Gasteiger partial charge < -0.3 is 9.47 Å². The zero-order valence-electron chi connectivity index (χ0n) is 9.97. The van der Waals surface area contributed by atoms with E-state index in [1.807, 2.05) is 44.2 Å². The highest BCUT2D eigenvalue weighted by atomic mass is 16.6. The molecule has 16 heavy (non-hydrogen) atoms. The van der Waals surface area contributed by atoms with Gasteiger partial charge in [0.1, 0.15) is 0 Å². The van der Waals surface area contributed by atoms with Crippen LogP contribution >= 0.6 is 0 Å². The lowest BCUT2D eigenvalue weighted by molar-refractivity contribution is -0.159. The number of rotatable bonds is 5. The highest BCUT2D eigenvalue weighted by Gasteiger charge is 2.20. The number of ether oxygens (including phenoxy) is 2. The second-order valence-corrected chi connectivity index (χ2v) is 3.90. The molecule has 0 aliphatic carbocycles. The van der Waals surface area contributed by atoms with E-state index in [2.05, 4.69) is 0 Å². The van der Waals surface area contributed by atoms with E-state index in [4.69, 9.17) is 9.47 Å². The van der Waals surface area contributed by atoms with Crippen LogP contribution in [-0.4, -0.2) is 25.3 Å². The van der Waals surface area contributed by atoms with Crippen molar-refractivity contribution in [1.82, 2.24) is 0 Å². The fraction of sp³-hybridized carbons (Fsp3) is 0.462. The van der Waals surface area contributed by atoms with Crippen LogP contribution in [0.1, 0.15) is 19.4 Å². The van der Waals surface area contributed by atoms with Crippen LogP contribution < -0.4 is 0 Å². The van der Waals surface area contributed by atoms with Crippen molar-refractivity contribution in [1.29, 1.82) is 0 Å². The largest absolute Gasteiger partial charge is 0.461 e. The van der Waals surface area contributed by atoms with Gasteiger partial charge in [0, 0.05) is 13.5 Å². The molecule has 3 nitrogen and oxygen atoms in total. The minimum Gasteiger partial charge on any atom is -0.461 e. The highest BCUT2D eigenvalue weighted by molar-refractivity contribution is 5.75. The van der Waals surface area contributed by atoms with Crippen LogP contribution in [0, 0.1) is 0 Å². The third-order valence-electron chi connectivity index (χ3n) is 2.16. The van der Waals surface area contributed by atoms with Crippen LogP contribution in [0.15, 0.2) is 30.3 Å².